The lowest BCUT2D eigenvalue weighted by Crippen LogP contribution is -2.32. The number of benzene rings is 3. The fraction of sp³-hybridized carbons (Fsp3) is 0.250. The number of hydrogen-bond acceptors (Lipinski definition) is 4. The van der Waals surface area contributed by atoms with Crippen molar-refractivity contribution in [3.05, 3.63) is 88.4 Å². The number of aryl methyl sites for hydroxylation is 2. The van der Waals surface area contributed by atoms with Gasteiger partial charge < -0.3 is 20.3 Å². The maximum atomic E-state index is 12.7. The van der Waals surface area contributed by atoms with Crippen molar-refractivity contribution in [1.82, 2.24) is 5.32 Å². The molecule has 1 heterocycles. The molecule has 0 aromatic heterocycles. The molecule has 0 bridgehead atoms. The van der Waals surface area contributed by atoms with Crippen LogP contribution in [0.25, 0.3) is 0 Å². The topological polar surface area (TPSA) is 87.7 Å². The lowest BCUT2D eigenvalue weighted by molar-refractivity contribution is -0.126. The summed E-state index contributed by atoms with van der Waals surface area (Å²) in [4.78, 5) is 39.1. The molecule has 1 saturated heterocycles. The standard InChI is InChI=1S/C28H28ClN3O4/c1-18-5-3-4-6-20(18)15-30-28(35)21-13-27(34)32(16-21)23-9-11-24(12-10-23)36-17-26(33)31-25-14-22(29)8-7-19(25)2/h3-12,14,21H,13,15-17H2,1-2H3,(H,30,35)(H,31,33)/t21-/m1/s1. The molecule has 0 aliphatic carbocycles. The predicted molar refractivity (Wildman–Crippen MR) is 140 cm³/mol. The highest BCUT2D eigenvalue weighted by atomic mass is 35.5. The second-order valence-corrected chi connectivity index (χ2v) is 9.28. The summed E-state index contributed by atoms with van der Waals surface area (Å²) in [5, 5.41) is 6.27. The first-order valence-electron chi connectivity index (χ1n) is 11.7. The van der Waals surface area contributed by atoms with Crippen LogP contribution < -0.4 is 20.3 Å². The lowest BCUT2D eigenvalue weighted by Gasteiger charge is -2.17. The highest BCUT2D eigenvalue weighted by molar-refractivity contribution is 6.31. The molecule has 0 radical (unpaired) electrons. The number of nitrogens with zero attached hydrogens (tertiary/aromatic N) is 1. The number of hydrogen-bond donors (Lipinski definition) is 2. The minimum atomic E-state index is -0.406. The number of carbonyl (C=O) groups excluding carboxylic acids is 3. The maximum Gasteiger partial charge on any atom is 0.262 e. The van der Waals surface area contributed by atoms with Crippen molar-refractivity contribution in [2.75, 3.05) is 23.4 Å². The molecule has 3 amide bonds. The summed E-state index contributed by atoms with van der Waals surface area (Å²) < 4.78 is 5.58. The summed E-state index contributed by atoms with van der Waals surface area (Å²) >= 11 is 5.99. The molecule has 1 aliphatic heterocycles. The Hall–Kier alpha value is -3.84. The van der Waals surface area contributed by atoms with Gasteiger partial charge in [0.05, 0.1) is 5.92 Å². The maximum absolute atomic E-state index is 12.7. The van der Waals surface area contributed by atoms with Crippen LogP contribution in [0.1, 0.15) is 23.1 Å². The molecule has 186 valence electrons. The van der Waals surface area contributed by atoms with E-state index in [-0.39, 0.29) is 30.7 Å². The second kappa shape index (κ2) is 11.3. The molecule has 0 unspecified atom stereocenters. The largest absolute Gasteiger partial charge is 0.484 e. The first-order valence-corrected chi connectivity index (χ1v) is 12.1. The van der Waals surface area contributed by atoms with Crippen LogP contribution in [0.2, 0.25) is 5.02 Å². The summed E-state index contributed by atoms with van der Waals surface area (Å²) in [5.41, 5.74) is 4.38. The van der Waals surface area contributed by atoms with Crippen molar-refractivity contribution in [2.24, 2.45) is 5.92 Å². The van der Waals surface area contributed by atoms with E-state index in [4.69, 9.17) is 16.3 Å². The Kier molecular flexibility index (Phi) is 7.90. The molecule has 4 rings (SSSR count). The van der Waals surface area contributed by atoms with Crippen LogP contribution >= 0.6 is 11.6 Å². The Morgan fingerprint density at radius 2 is 1.78 bits per heavy atom. The number of carbonyl (C=O) groups is 3. The van der Waals surface area contributed by atoms with E-state index in [1.807, 2.05) is 44.2 Å². The Morgan fingerprint density at radius 3 is 2.53 bits per heavy atom. The molecule has 1 atom stereocenters. The van der Waals surface area contributed by atoms with E-state index in [0.717, 1.165) is 16.7 Å². The number of halogens is 1. The van der Waals surface area contributed by atoms with Crippen molar-refractivity contribution in [3.63, 3.8) is 0 Å². The van der Waals surface area contributed by atoms with Gasteiger partial charge in [-0.25, -0.2) is 0 Å². The zero-order valence-electron chi connectivity index (χ0n) is 20.2. The van der Waals surface area contributed by atoms with Crippen LogP contribution in [0.3, 0.4) is 0 Å². The van der Waals surface area contributed by atoms with Gasteiger partial charge in [-0.15, -0.1) is 0 Å². The highest BCUT2D eigenvalue weighted by Crippen LogP contribution is 2.27. The third-order valence-electron chi connectivity index (χ3n) is 6.20. The van der Waals surface area contributed by atoms with Gasteiger partial charge in [-0.1, -0.05) is 41.9 Å². The monoisotopic (exact) mass is 505 g/mol. The molecule has 7 nitrogen and oxygen atoms in total. The van der Waals surface area contributed by atoms with Crippen LogP contribution in [0.15, 0.2) is 66.7 Å². The van der Waals surface area contributed by atoms with Crippen molar-refractivity contribution in [2.45, 2.75) is 26.8 Å². The summed E-state index contributed by atoms with van der Waals surface area (Å²) in [5.74, 6) is -0.448. The molecular weight excluding hydrogens is 478 g/mol. The summed E-state index contributed by atoms with van der Waals surface area (Å²) in [7, 11) is 0. The van der Waals surface area contributed by atoms with Gasteiger partial charge in [0.2, 0.25) is 11.8 Å². The fourth-order valence-corrected chi connectivity index (χ4v) is 4.23. The predicted octanol–water partition coefficient (Wildman–Crippen LogP) is 4.64. The third kappa shape index (κ3) is 6.23. The van der Waals surface area contributed by atoms with Gasteiger partial charge in [0, 0.05) is 35.9 Å². The minimum absolute atomic E-state index is 0.101. The molecule has 36 heavy (non-hydrogen) atoms. The van der Waals surface area contributed by atoms with Gasteiger partial charge >= 0.3 is 0 Å². The van der Waals surface area contributed by atoms with Gasteiger partial charge in [0.25, 0.3) is 5.91 Å². The smallest absolute Gasteiger partial charge is 0.262 e. The normalized spacial score (nSPS) is 15.0. The van der Waals surface area contributed by atoms with Crippen molar-refractivity contribution in [3.8, 4) is 5.75 Å². The molecule has 0 spiro atoms. The number of rotatable bonds is 8. The van der Waals surface area contributed by atoms with Crippen molar-refractivity contribution in [1.29, 1.82) is 0 Å². The van der Waals surface area contributed by atoms with Gasteiger partial charge in [-0.3, -0.25) is 14.4 Å². The van der Waals surface area contributed by atoms with Crippen molar-refractivity contribution >= 4 is 40.7 Å². The SMILES string of the molecule is Cc1ccccc1CNC(=O)[C@@H]1CC(=O)N(c2ccc(OCC(=O)Nc3cc(Cl)ccc3C)cc2)C1. The molecule has 3 aromatic carbocycles. The molecule has 0 saturated carbocycles. The van der Waals surface area contributed by atoms with E-state index in [0.29, 0.717) is 35.2 Å². The van der Waals surface area contributed by atoms with Crippen LogP contribution in [0.5, 0.6) is 5.75 Å². The van der Waals surface area contributed by atoms with Gasteiger partial charge in [-0.05, 0) is 66.9 Å². The number of ether oxygens (including phenoxy) is 1. The fourth-order valence-electron chi connectivity index (χ4n) is 4.05. The Labute approximate surface area is 215 Å². The quantitative estimate of drug-likeness (QED) is 0.466. The van der Waals surface area contributed by atoms with E-state index in [9.17, 15) is 14.4 Å². The molecule has 1 fully saturated rings. The van der Waals surface area contributed by atoms with E-state index in [2.05, 4.69) is 10.6 Å². The van der Waals surface area contributed by atoms with Gasteiger partial charge in [0.1, 0.15) is 5.75 Å². The summed E-state index contributed by atoms with van der Waals surface area (Å²) in [6.07, 6.45) is 0.168. The molecule has 3 aromatic rings. The van der Waals surface area contributed by atoms with E-state index < -0.39 is 5.92 Å². The number of anilines is 2. The van der Waals surface area contributed by atoms with Crippen LogP contribution in [0, 0.1) is 19.8 Å². The Balaban J connectivity index is 1.28. The number of nitrogens with one attached hydrogen (secondary N) is 2. The van der Waals surface area contributed by atoms with Crippen molar-refractivity contribution < 1.29 is 19.1 Å². The van der Waals surface area contributed by atoms with Crippen LogP contribution in [-0.4, -0.2) is 30.9 Å². The molecule has 1 aliphatic rings. The Bertz CT molecular complexity index is 1280. The Morgan fingerprint density at radius 1 is 1.03 bits per heavy atom. The van der Waals surface area contributed by atoms with Gasteiger partial charge in [0.15, 0.2) is 6.61 Å². The first-order chi connectivity index (χ1) is 17.3. The number of amides is 3. The zero-order valence-corrected chi connectivity index (χ0v) is 21.0. The summed E-state index contributed by atoms with van der Waals surface area (Å²) in [6.45, 7) is 4.47. The van der Waals surface area contributed by atoms with E-state index >= 15 is 0 Å². The van der Waals surface area contributed by atoms with Crippen LogP contribution in [-0.2, 0) is 20.9 Å². The van der Waals surface area contributed by atoms with Gasteiger partial charge in [-0.2, -0.15) is 0 Å². The average molecular weight is 506 g/mol. The zero-order chi connectivity index (χ0) is 25.7. The molecule has 2 N–H and O–H groups in total. The van der Waals surface area contributed by atoms with E-state index in [1.54, 1.807) is 41.3 Å². The third-order valence-corrected chi connectivity index (χ3v) is 6.44. The highest BCUT2D eigenvalue weighted by Gasteiger charge is 2.35. The minimum Gasteiger partial charge on any atom is -0.484 e. The molecule has 8 heteroatoms. The summed E-state index contributed by atoms with van der Waals surface area (Å²) in [6, 6.07) is 20.1. The van der Waals surface area contributed by atoms with E-state index in [1.165, 1.54) is 0 Å². The van der Waals surface area contributed by atoms with Crippen LogP contribution in [0.4, 0.5) is 11.4 Å². The average Bonchev–Trinajstić information content (AvgIpc) is 3.26. The molecular formula is C28H28ClN3O4. The first kappa shape index (κ1) is 25.3. The second-order valence-electron chi connectivity index (χ2n) is 8.84. The lowest BCUT2D eigenvalue weighted by atomic mass is 10.1.